The van der Waals surface area contributed by atoms with Crippen molar-refractivity contribution in [2.45, 2.75) is 58.3 Å². The number of hydrogen-bond donors (Lipinski definition) is 0. The summed E-state index contributed by atoms with van der Waals surface area (Å²) in [5, 5.41) is 0. The third-order valence-corrected chi connectivity index (χ3v) is 4.12. The average molecular weight is 420 g/mol. The van der Waals surface area contributed by atoms with Crippen LogP contribution in [-0.2, 0) is 28.6 Å². The molecule has 0 aliphatic carbocycles. The van der Waals surface area contributed by atoms with Gasteiger partial charge in [-0.3, -0.25) is 9.59 Å². The molecule has 0 aromatic heterocycles. The van der Waals surface area contributed by atoms with Gasteiger partial charge in [0.15, 0.2) is 6.29 Å². The summed E-state index contributed by atoms with van der Waals surface area (Å²) < 4.78 is 26.4. The Balaban J connectivity index is 1.66. The predicted molar refractivity (Wildman–Crippen MR) is 107 cm³/mol. The lowest BCUT2D eigenvalue weighted by Crippen LogP contribution is -2.24. The van der Waals surface area contributed by atoms with E-state index in [9.17, 15) is 14.4 Å². The minimum absolute atomic E-state index is 0.0812. The SMILES string of the molecule is C=C(C)C(=O)OCC(C)OC(=O)CCC(=O)Oc1ccc(OC2CCCCO2)cc1. The van der Waals surface area contributed by atoms with E-state index < -0.39 is 24.0 Å². The maximum Gasteiger partial charge on any atom is 0.333 e. The molecule has 1 aromatic rings. The van der Waals surface area contributed by atoms with Crippen LogP contribution in [0.1, 0.15) is 46.0 Å². The van der Waals surface area contributed by atoms with Gasteiger partial charge in [0.1, 0.15) is 24.2 Å². The number of carbonyl (C=O) groups is 3. The van der Waals surface area contributed by atoms with Gasteiger partial charge in [0.25, 0.3) is 0 Å². The minimum Gasteiger partial charge on any atom is -0.465 e. The molecule has 30 heavy (non-hydrogen) atoms. The van der Waals surface area contributed by atoms with Gasteiger partial charge in [-0.05, 0) is 51.0 Å². The molecule has 1 saturated heterocycles. The molecule has 0 spiro atoms. The molecule has 0 amide bonds. The first-order chi connectivity index (χ1) is 14.3. The van der Waals surface area contributed by atoms with E-state index in [1.807, 2.05) is 0 Å². The van der Waals surface area contributed by atoms with Crippen LogP contribution in [0.5, 0.6) is 11.5 Å². The molecular weight excluding hydrogens is 392 g/mol. The molecule has 1 aliphatic heterocycles. The lowest BCUT2D eigenvalue weighted by atomic mass is 10.2. The molecule has 0 bridgehead atoms. The van der Waals surface area contributed by atoms with Crippen LogP contribution in [-0.4, -0.2) is 43.5 Å². The highest BCUT2D eigenvalue weighted by molar-refractivity contribution is 5.87. The zero-order chi connectivity index (χ0) is 21.9. The van der Waals surface area contributed by atoms with E-state index in [1.165, 1.54) is 6.92 Å². The Kier molecular flexibility index (Phi) is 9.34. The van der Waals surface area contributed by atoms with Crippen molar-refractivity contribution in [2.75, 3.05) is 13.2 Å². The van der Waals surface area contributed by atoms with Crippen LogP contribution in [0, 0.1) is 0 Å². The van der Waals surface area contributed by atoms with Gasteiger partial charge in [0, 0.05) is 12.0 Å². The largest absolute Gasteiger partial charge is 0.465 e. The normalized spacial score (nSPS) is 16.8. The summed E-state index contributed by atoms with van der Waals surface area (Å²) in [5.41, 5.74) is 0.262. The van der Waals surface area contributed by atoms with Crippen LogP contribution in [0.4, 0.5) is 0 Å². The minimum atomic E-state index is -0.627. The predicted octanol–water partition coefficient (Wildman–Crippen LogP) is 3.33. The fourth-order valence-electron chi connectivity index (χ4n) is 2.56. The zero-order valence-electron chi connectivity index (χ0n) is 17.4. The van der Waals surface area contributed by atoms with E-state index in [0.29, 0.717) is 18.1 Å². The number of hydrogen-bond acceptors (Lipinski definition) is 8. The first-order valence-corrected chi connectivity index (χ1v) is 9.94. The van der Waals surface area contributed by atoms with Crippen LogP contribution in [0.25, 0.3) is 0 Å². The summed E-state index contributed by atoms with van der Waals surface area (Å²) in [6.45, 7) is 7.19. The van der Waals surface area contributed by atoms with E-state index >= 15 is 0 Å². The van der Waals surface area contributed by atoms with Crippen molar-refractivity contribution in [1.29, 1.82) is 0 Å². The zero-order valence-corrected chi connectivity index (χ0v) is 17.4. The van der Waals surface area contributed by atoms with Crippen molar-refractivity contribution in [1.82, 2.24) is 0 Å². The smallest absolute Gasteiger partial charge is 0.333 e. The van der Waals surface area contributed by atoms with Crippen molar-refractivity contribution in [3.05, 3.63) is 36.4 Å². The van der Waals surface area contributed by atoms with Crippen molar-refractivity contribution in [3.63, 3.8) is 0 Å². The monoisotopic (exact) mass is 420 g/mol. The van der Waals surface area contributed by atoms with E-state index in [2.05, 4.69) is 6.58 Å². The van der Waals surface area contributed by atoms with Crippen LogP contribution >= 0.6 is 0 Å². The van der Waals surface area contributed by atoms with Gasteiger partial charge >= 0.3 is 17.9 Å². The van der Waals surface area contributed by atoms with Crippen LogP contribution in [0.15, 0.2) is 36.4 Å². The van der Waals surface area contributed by atoms with Crippen LogP contribution < -0.4 is 9.47 Å². The average Bonchev–Trinajstić information content (AvgIpc) is 2.72. The molecular formula is C22H28O8. The van der Waals surface area contributed by atoms with E-state index in [1.54, 1.807) is 31.2 Å². The summed E-state index contributed by atoms with van der Waals surface area (Å²) in [6, 6.07) is 6.63. The first kappa shape index (κ1) is 23.4. The highest BCUT2D eigenvalue weighted by atomic mass is 16.7. The molecule has 0 saturated carbocycles. The van der Waals surface area contributed by atoms with Gasteiger partial charge in [-0.1, -0.05) is 6.58 Å². The highest BCUT2D eigenvalue weighted by Gasteiger charge is 2.16. The van der Waals surface area contributed by atoms with Gasteiger partial charge in [-0.2, -0.15) is 0 Å². The summed E-state index contributed by atoms with van der Waals surface area (Å²) in [4.78, 5) is 35.0. The second kappa shape index (κ2) is 12.0. The summed E-state index contributed by atoms with van der Waals surface area (Å²) >= 11 is 0. The van der Waals surface area contributed by atoms with E-state index in [0.717, 1.165) is 19.3 Å². The topological polar surface area (TPSA) is 97.4 Å². The Hall–Kier alpha value is -2.87. The molecule has 0 N–H and O–H groups in total. The van der Waals surface area contributed by atoms with Crippen LogP contribution in [0.2, 0.25) is 0 Å². The van der Waals surface area contributed by atoms with Crippen molar-refractivity contribution in [3.8, 4) is 11.5 Å². The summed E-state index contributed by atoms with van der Waals surface area (Å²) in [6.07, 6.45) is 1.82. The second-order valence-electron chi connectivity index (χ2n) is 7.04. The molecule has 1 heterocycles. The maximum absolute atomic E-state index is 11.9. The third-order valence-electron chi connectivity index (χ3n) is 4.12. The quantitative estimate of drug-likeness (QED) is 0.323. The fourth-order valence-corrected chi connectivity index (χ4v) is 2.56. The van der Waals surface area contributed by atoms with Gasteiger partial charge in [0.05, 0.1) is 19.4 Å². The number of carbonyl (C=O) groups excluding carboxylic acids is 3. The van der Waals surface area contributed by atoms with Crippen LogP contribution in [0.3, 0.4) is 0 Å². The molecule has 8 nitrogen and oxygen atoms in total. The molecule has 2 rings (SSSR count). The summed E-state index contributed by atoms with van der Waals surface area (Å²) in [7, 11) is 0. The molecule has 0 radical (unpaired) electrons. The summed E-state index contributed by atoms with van der Waals surface area (Å²) in [5.74, 6) is -0.708. The van der Waals surface area contributed by atoms with Crippen molar-refractivity contribution < 1.29 is 38.1 Å². The lowest BCUT2D eigenvalue weighted by Gasteiger charge is -2.23. The standard InChI is InChI=1S/C22H28O8/c1-15(2)22(25)27-14-16(3)28-19(23)11-12-20(24)29-17-7-9-18(10-8-17)30-21-6-4-5-13-26-21/h7-10,16,21H,1,4-6,11-14H2,2-3H3. The maximum atomic E-state index is 11.9. The first-order valence-electron chi connectivity index (χ1n) is 9.94. The Morgan fingerprint density at radius 1 is 1.10 bits per heavy atom. The number of esters is 3. The Morgan fingerprint density at radius 3 is 2.40 bits per heavy atom. The Labute approximate surface area is 176 Å². The van der Waals surface area contributed by atoms with Gasteiger partial charge < -0.3 is 23.7 Å². The molecule has 1 aromatic carbocycles. The fraction of sp³-hybridized carbons (Fsp3) is 0.500. The van der Waals surface area contributed by atoms with Gasteiger partial charge in [-0.15, -0.1) is 0 Å². The van der Waals surface area contributed by atoms with Crippen molar-refractivity contribution in [2.24, 2.45) is 0 Å². The second-order valence-corrected chi connectivity index (χ2v) is 7.04. The number of benzene rings is 1. The molecule has 1 aliphatic rings. The van der Waals surface area contributed by atoms with Crippen molar-refractivity contribution >= 4 is 17.9 Å². The molecule has 2 unspecified atom stereocenters. The molecule has 1 fully saturated rings. The Morgan fingerprint density at radius 2 is 1.77 bits per heavy atom. The number of rotatable bonds is 10. The highest BCUT2D eigenvalue weighted by Crippen LogP contribution is 2.22. The Bertz CT molecular complexity index is 734. The lowest BCUT2D eigenvalue weighted by molar-refractivity contribution is -0.157. The number of ether oxygens (including phenoxy) is 5. The van der Waals surface area contributed by atoms with E-state index in [4.69, 9.17) is 23.7 Å². The molecule has 164 valence electrons. The third kappa shape index (κ3) is 8.65. The molecule has 8 heteroatoms. The van der Waals surface area contributed by atoms with Gasteiger partial charge in [-0.25, -0.2) is 4.79 Å². The van der Waals surface area contributed by atoms with E-state index in [-0.39, 0.29) is 31.3 Å². The molecule has 2 atom stereocenters. The van der Waals surface area contributed by atoms with Gasteiger partial charge in [0.2, 0.25) is 0 Å².